The summed E-state index contributed by atoms with van der Waals surface area (Å²) in [6.45, 7) is 0.185. The monoisotopic (exact) mass is 503 g/mol. The average Bonchev–Trinajstić information content (AvgIpc) is 3.45. The van der Waals surface area contributed by atoms with Crippen molar-refractivity contribution in [3.8, 4) is 0 Å². The Bertz CT molecular complexity index is 1060. The number of likely N-dealkylation sites (tertiary alicyclic amines) is 1. The summed E-state index contributed by atoms with van der Waals surface area (Å²) in [7, 11) is 1.32. The summed E-state index contributed by atoms with van der Waals surface area (Å²) < 4.78 is 33.2. The van der Waals surface area contributed by atoms with Gasteiger partial charge in [-0.3, -0.25) is 4.79 Å². The molecule has 2 aliphatic rings. The van der Waals surface area contributed by atoms with E-state index in [1.54, 1.807) is 18.2 Å². The van der Waals surface area contributed by atoms with Gasteiger partial charge in [0, 0.05) is 23.3 Å². The number of hydrogen-bond donors (Lipinski definition) is 1. The van der Waals surface area contributed by atoms with E-state index in [4.69, 9.17) is 4.74 Å². The fraction of sp³-hybridized carbons (Fsp3) is 0.481. The first-order valence-corrected chi connectivity index (χ1v) is 12.8. The van der Waals surface area contributed by atoms with Crippen LogP contribution in [0.2, 0.25) is 0 Å². The molecule has 1 aromatic heterocycles. The predicted octanol–water partition coefficient (Wildman–Crippen LogP) is 5.03. The van der Waals surface area contributed by atoms with Crippen LogP contribution in [-0.4, -0.2) is 53.6 Å². The Hall–Kier alpha value is -2.58. The van der Waals surface area contributed by atoms with Crippen molar-refractivity contribution in [3.63, 3.8) is 0 Å². The number of nitrogens with zero attached hydrogens (tertiary/aromatic N) is 1. The molecule has 0 spiro atoms. The van der Waals surface area contributed by atoms with Crippen LogP contribution in [0.15, 0.2) is 54.6 Å². The Kier molecular flexibility index (Phi) is 7.71. The third-order valence-electron chi connectivity index (χ3n) is 7.10. The number of methoxy groups -OCH3 is 1. The maximum Gasteiger partial charge on any atom is 0.348 e. The molecule has 188 valence electrons. The number of aliphatic hydroxyl groups excluding tert-OH is 1. The average molecular weight is 504 g/mol. The Morgan fingerprint density at radius 2 is 1.97 bits per heavy atom. The fourth-order valence-electron chi connectivity index (χ4n) is 4.74. The van der Waals surface area contributed by atoms with Gasteiger partial charge in [0.05, 0.1) is 19.3 Å². The molecule has 2 atom stereocenters. The number of rotatable bonds is 11. The second kappa shape index (κ2) is 10.6. The molecule has 1 aliphatic carbocycles. The van der Waals surface area contributed by atoms with E-state index in [1.165, 1.54) is 28.9 Å². The molecule has 1 amide bonds. The van der Waals surface area contributed by atoms with Crippen molar-refractivity contribution in [2.24, 2.45) is 5.41 Å². The zero-order valence-corrected chi connectivity index (χ0v) is 20.6. The van der Waals surface area contributed by atoms with E-state index < -0.39 is 36.4 Å². The minimum Gasteiger partial charge on any atom is -0.465 e. The highest BCUT2D eigenvalue weighted by Crippen LogP contribution is 2.53. The lowest BCUT2D eigenvalue weighted by Crippen LogP contribution is -2.37. The third-order valence-corrected chi connectivity index (χ3v) is 8.22. The molecule has 8 heteroatoms. The third kappa shape index (κ3) is 5.98. The molecule has 1 N–H and O–H groups in total. The molecule has 35 heavy (non-hydrogen) atoms. The maximum absolute atomic E-state index is 14.3. The summed E-state index contributed by atoms with van der Waals surface area (Å²) in [6, 6.07) is 12.8. The molecule has 2 heterocycles. The van der Waals surface area contributed by atoms with Gasteiger partial charge in [-0.05, 0) is 56.2 Å². The Labute approximate surface area is 208 Å². The van der Waals surface area contributed by atoms with Gasteiger partial charge in [-0.1, -0.05) is 42.5 Å². The van der Waals surface area contributed by atoms with Gasteiger partial charge in [0.25, 0.3) is 5.91 Å². The van der Waals surface area contributed by atoms with Gasteiger partial charge in [0.15, 0.2) is 0 Å². The van der Waals surface area contributed by atoms with E-state index in [9.17, 15) is 23.5 Å². The van der Waals surface area contributed by atoms with E-state index in [0.29, 0.717) is 17.7 Å². The molecule has 1 saturated heterocycles. The van der Waals surface area contributed by atoms with Crippen molar-refractivity contribution in [2.75, 3.05) is 13.7 Å². The van der Waals surface area contributed by atoms with E-state index >= 15 is 0 Å². The lowest BCUT2D eigenvalue weighted by molar-refractivity contribution is -0.148. The van der Waals surface area contributed by atoms with E-state index in [1.807, 2.05) is 24.3 Å². The Morgan fingerprint density at radius 3 is 2.66 bits per heavy atom. The highest BCUT2D eigenvalue weighted by molar-refractivity contribution is 7.13. The minimum absolute atomic E-state index is 0.185. The summed E-state index contributed by atoms with van der Waals surface area (Å²) in [5.41, 5.74) is 1.00. The molecule has 2 fully saturated rings. The van der Waals surface area contributed by atoms with Crippen molar-refractivity contribution in [1.82, 2.24) is 4.90 Å². The molecular formula is C27H31F2NO4S. The van der Waals surface area contributed by atoms with Gasteiger partial charge in [-0.2, -0.15) is 8.78 Å². The number of aliphatic hydroxyl groups is 1. The number of amides is 1. The van der Waals surface area contributed by atoms with Crippen molar-refractivity contribution >= 4 is 23.2 Å². The number of carbonyl (C=O) groups excluding carboxylic acids is 2. The number of alkyl halides is 2. The topological polar surface area (TPSA) is 66.8 Å². The Balaban J connectivity index is 1.34. The molecule has 0 radical (unpaired) electrons. The lowest BCUT2D eigenvalue weighted by atomic mass is 9.90. The molecule has 0 bridgehead atoms. The summed E-state index contributed by atoms with van der Waals surface area (Å²) in [5.74, 6) is -4.96. The number of halogens is 2. The molecule has 2 aromatic rings. The summed E-state index contributed by atoms with van der Waals surface area (Å²) in [4.78, 5) is 26.6. The van der Waals surface area contributed by atoms with E-state index in [-0.39, 0.29) is 12.0 Å². The van der Waals surface area contributed by atoms with Crippen molar-refractivity contribution < 1.29 is 28.2 Å². The van der Waals surface area contributed by atoms with Gasteiger partial charge in [0.2, 0.25) is 0 Å². The zero-order valence-electron chi connectivity index (χ0n) is 19.8. The predicted molar refractivity (Wildman–Crippen MR) is 131 cm³/mol. The van der Waals surface area contributed by atoms with Gasteiger partial charge >= 0.3 is 11.9 Å². The molecular weight excluding hydrogens is 472 g/mol. The van der Waals surface area contributed by atoms with Gasteiger partial charge < -0.3 is 14.7 Å². The van der Waals surface area contributed by atoms with Crippen LogP contribution < -0.4 is 0 Å². The van der Waals surface area contributed by atoms with Gasteiger partial charge in [-0.15, -0.1) is 11.3 Å². The summed E-state index contributed by atoms with van der Waals surface area (Å²) in [6.07, 6.45) is 6.48. The molecule has 1 aliphatic heterocycles. The standard InChI is InChI=1S/C27H31F2NO4S/c1-34-24(32)22-11-10-21(35-22)8-5-17-30-20(18-27(28,29)25(30)33)9-12-23(31)26(15-16-26)14-13-19-6-3-2-4-7-19/h2-4,6-7,9-12,20,23,31H,5,8,13-18H2,1H3/b12-9+/t20?,23-/m0/s1. The van der Waals surface area contributed by atoms with Crippen LogP contribution in [0.1, 0.15) is 52.2 Å². The molecule has 1 saturated carbocycles. The number of benzene rings is 1. The van der Waals surface area contributed by atoms with Crippen LogP contribution in [0, 0.1) is 5.41 Å². The van der Waals surface area contributed by atoms with Gasteiger partial charge in [0.1, 0.15) is 4.88 Å². The zero-order chi connectivity index (χ0) is 25.1. The number of esters is 1. The van der Waals surface area contributed by atoms with Crippen LogP contribution >= 0.6 is 11.3 Å². The normalized spacial score (nSPS) is 21.4. The first kappa shape index (κ1) is 25.5. The highest BCUT2D eigenvalue weighted by Gasteiger charge is 2.53. The number of aryl methyl sites for hydroxylation is 2. The van der Waals surface area contributed by atoms with E-state index in [2.05, 4.69) is 12.1 Å². The van der Waals surface area contributed by atoms with Crippen LogP contribution in [-0.2, 0) is 22.4 Å². The molecule has 1 aromatic carbocycles. The van der Waals surface area contributed by atoms with Crippen LogP contribution in [0.4, 0.5) is 8.78 Å². The van der Waals surface area contributed by atoms with Crippen molar-refractivity contribution in [1.29, 1.82) is 0 Å². The largest absolute Gasteiger partial charge is 0.465 e. The SMILES string of the molecule is COC(=O)c1ccc(CCCN2C(=O)C(F)(F)CC2/C=C/[C@H](O)C2(CCc3ccccc3)CC2)s1. The van der Waals surface area contributed by atoms with E-state index in [0.717, 1.165) is 30.6 Å². The van der Waals surface area contributed by atoms with Crippen molar-refractivity contribution in [3.05, 3.63) is 69.9 Å². The quantitative estimate of drug-likeness (QED) is 0.345. The molecule has 4 rings (SSSR count). The van der Waals surface area contributed by atoms with Crippen molar-refractivity contribution in [2.45, 2.75) is 63.0 Å². The van der Waals surface area contributed by atoms with Crippen LogP contribution in [0.3, 0.4) is 0 Å². The summed E-state index contributed by atoms with van der Waals surface area (Å²) in [5, 5.41) is 10.8. The Morgan fingerprint density at radius 1 is 1.23 bits per heavy atom. The maximum atomic E-state index is 14.3. The second-order valence-corrected chi connectivity index (χ2v) is 10.7. The number of thiophene rings is 1. The lowest BCUT2D eigenvalue weighted by Gasteiger charge is -2.23. The van der Waals surface area contributed by atoms with Crippen LogP contribution in [0.5, 0.6) is 0 Å². The smallest absolute Gasteiger partial charge is 0.348 e. The fourth-order valence-corrected chi connectivity index (χ4v) is 5.70. The number of ether oxygens (including phenoxy) is 1. The van der Waals surface area contributed by atoms with Crippen LogP contribution in [0.25, 0.3) is 0 Å². The molecule has 5 nitrogen and oxygen atoms in total. The first-order valence-electron chi connectivity index (χ1n) is 12.0. The minimum atomic E-state index is -3.40. The molecule has 1 unspecified atom stereocenters. The summed E-state index contributed by atoms with van der Waals surface area (Å²) >= 11 is 1.30. The number of hydrogen-bond acceptors (Lipinski definition) is 5. The van der Waals surface area contributed by atoms with Gasteiger partial charge in [-0.25, -0.2) is 4.79 Å². The highest BCUT2D eigenvalue weighted by atomic mass is 32.1. The number of carbonyl (C=O) groups is 2. The second-order valence-electron chi connectivity index (χ2n) is 9.51. The first-order chi connectivity index (χ1) is 16.7.